The van der Waals surface area contributed by atoms with Gasteiger partial charge in [0.15, 0.2) is 5.82 Å². The number of likely N-dealkylation sites (tertiary alicyclic amines) is 2. The molecule has 2 aliphatic rings. The summed E-state index contributed by atoms with van der Waals surface area (Å²) in [6.07, 6.45) is 10.2. The van der Waals surface area contributed by atoms with Gasteiger partial charge in [0.1, 0.15) is 17.7 Å². The molecule has 0 bridgehead atoms. The second-order valence-corrected chi connectivity index (χ2v) is 14.5. The highest BCUT2D eigenvalue weighted by atomic mass is 16.5. The molecule has 4 aromatic rings. The third-order valence-corrected chi connectivity index (χ3v) is 10.2. The number of aromatic nitrogens is 6. The second kappa shape index (κ2) is 17.0. The van der Waals surface area contributed by atoms with Gasteiger partial charge >= 0.3 is 12.2 Å². The molecule has 0 aliphatic carbocycles. The molecule has 5 heterocycles. The lowest BCUT2D eigenvalue weighted by atomic mass is 9.95. The van der Waals surface area contributed by atoms with Crippen molar-refractivity contribution >= 4 is 30.2 Å². The topological polar surface area (TPSA) is 201 Å². The van der Waals surface area contributed by atoms with Gasteiger partial charge in [-0.05, 0) is 43.1 Å². The predicted octanol–water partition coefficient (Wildman–Crippen LogP) is 5.74. The number of H-pyrrole nitrogens is 2. The first kappa shape index (κ1) is 38.8. The van der Waals surface area contributed by atoms with Gasteiger partial charge in [-0.1, -0.05) is 52.0 Å². The maximum atomic E-state index is 13.6. The van der Waals surface area contributed by atoms with Gasteiger partial charge in [-0.2, -0.15) is 4.99 Å². The van der Waals surface area contributed by atoms with E-state index in [9.17, 15) is 19.2 Å². The molecular weight excluding hydrogens is 704 g/mol. The Morgan fingerprint density at radius 3 is 1.82 bits per heavy atom. The van der Waals surface area contributed by atoms with E-state index in [4.69, 9.17) is 4.74 Å². The summed E-state index contributed by atoms with van der Waals surface area (Å²) >= 11 is 0. The average Bonchev–Trinajstić information content (AvgIpc) is 4.03. The molecule has 16 heteroatoms. The lowest BCUT2D eigenvalue weighted by Crippen LogP contribution is -2.51. The van der Waals surface area contributed by atoms with E-state index in [1.165, 1.54) is 20.4 Å². The summed E-state index contributed by atoms with van der Waals surface area (Å²) in [5.74, 6) is 0.931. The Bertz CT molecular complexity index is 2000. The van der Waals surface area contributed by atoms with Crippen LogP contribution in [0.3, 0.4) is 0 Å². The number of nitrogens with zero attached hydrogens (tertiary/aromatic N) is 7. The minimum Gasteiger partial charge on any atom is -0.453 e. The van der Waals surface area contributed by atoms with E-state index in [0.29, 0.717) is 30.6 Å². The largest absolute Gasteiger partial charge is 0.453 e. The molecule has 0 radical (unpaired) electrons. The number of carbonyl (C=O) groups excluding carboxylic acids is 4. The first-order valence-corrected chi connectivity index (χ1v) is 18.6. The SMILES string of the molecule is COC(=O)N=CC(C(=O)N1CCC[C@H]1c1ncc(-c2cnc(-c3ccc(-c4cnc([C@@H]5CCCN5C(=O)[C@@H](NC(=O)OC)C(C)C)[nH]4)cc3)nc2)[nH]1)C(C)C. The Balaban J connectivity index is 1.11. The van der Waals surface area contributed by atoms with Crippen molar-refractivity contribution in [2.45, 2.75) is 71.5 Å². The lowest BCUT2D eigenvalue weighted by molar-refractivity contribution is -0.136. The van der Waals surface area contributed by atoms with Crippen LogP contribution in [0.25, 0.3) is 33.9 Å². The Morgan fingerprint density at radius 2 is 1.29 bits per heavy atom. The molecule has 3 N–H and O–H groups in total. The van der Waals surface area contributed by atoms with Crippen LogP contribution in [-0.4, -0.2) is 103 Å². The number of amides is 4. The first-order chi connectivity index (χ1) is 26.5. The smallest absolute Gasteiger partial charge is 0.432 e. The minimum absolute atomic E-state index is 0.0611. The Morgan fingerprint density at radius 1 is 0.745 bits per heavy atom. The maximum absolute atomic E-state index is 13.6. The summed E-state index contributed by atoms with van der Waals surface area (Å²) < 4.78 is 9.35. The van der Waals surface area contributed by atoms with E-state index in [-0.39, 0.29) is 35.7 Å². The van der Waals surface area contributed by atoms with Crippen molar-refractivity contribution in [1.29, 1.82) is 0 Å². The molecule has 290 valence electrons. The number of imidazole rings is 2. The molecule has 1 unspecified atom stereocenters. The van der Waals surface area contributed by atoms with Crippen LogP contribution in [0.1, 0.15) is 77.1 Å². The number of aromatic amines is 2. The van der Waals surface area contributed by atoms with Crippen molar-refractivity contribution in [1.82, 2.24) is 45.0 Å². The standard InChI is InChI=1S/C39H48N10O6/c1-22(2)27(19-44-38(52)54-5)36(50)48-15-7-9-30(48)34-43-21-29(46-34)26-17-40-33(41-18-26)25-13-11-24(12-14-25)28-20-42-35(45-28)31-10-8-16-49(31)37(51)32(23(3)4)47-39(53)55-6/h11-14,17-23,27,30-32H,7-10,15-16H2,1-6H3,(H,42,45)(H,43,46)(H,47,53)/t27?,30-,31-,32-/m0/s1. The van der Waals surface area contributed by atoms with E-state index in [2.05, 4.69) is 44.9 Å². The molecule has 3 aromatic heterocycles. The van der Waals surface area contributed by atoms with Crippen LogP contribution in [0.5, 0.6) is 0 Å². The predicted molar refractivity (Wildman–Crippen MR) is 203 cm³/mol. The first-order valence-electron chi connectivity index (χ1n) is 18.6. The molecule has 2 fully saturated rings. The molecule has 2 aliphatic heterocycles. The maximum Gasteiger partial charge on any atom is 0.432 e. The number of carbonyl (C=O) groups is 4. The zero-order valence-electron chi connectivity index (χ0n) is 32.0. The molecule has 2 saturated heterocycles. The summed E-state index contributed by atoms with van der Waals surface area (Å²) in [7, 11) is 2.53. The zero-order chi connectivity index (χ0) is 39.2. The van der Waals surface area contributed by atoms with Gasteiger partial charge in [0.05, 0.1) is 56.0 Å². The Hall–Kier alpha value is -5.93. The number of aliphatic imine (C=N–C) groups is 1. The third kappa shape index (κ3) is 8.58. The third-order valence-electron chi connectivity index (χ3n) is 10.2. The van der Waals surface area contributed by atoms with Gasteiger partial charge in [-0.3, -0.25) is 9.59 Å². The van der Waals surface area contributed by atoms with Crippen molar-refractivity contribution < 1.29 is 28.7 Å². The van der Waals surface area contributed by atoms with E-state index >= 15 is 0 Å². The summed E-state index contributed by atoms with van der Waals surface area (Å²) in [6.45, 7) is 8.79. The minimum atomic E-state index is -0.738. The molecule has 4 atom stereocenters. The number of alkyl carbamates (subject to hydrolysis) is 1. The Labute approximate surface area is 319 Å². The number of benzene rings is 1. The molecule has 0 saturated carbocycles. The highest BCUT2D eigenvalue weighted by Gasteiger charge is 2.38. The molecule has 55 heavy (non-hydrogen) atoms. The summed E-state index contributed by atoms with van der Waals surface area (Å²) in [6, 6.07) is 6.68. The van der Waals surface area contributed by atoms with Crippen molar-refractivity contribution in [3.8, 4) is 33.9 Å². The second-order valence-electron chi connectivity index (χ2n) is 14.5. The van der Waals surface area contributed by atoms with Crippen molar-refractivity contribution in [2.24, 2.45) is 22.7 Å². The van der Waals surface area contributed by atoms with Crippen molar-refractivity contribution in [3.63, 3.8) is 0 Å². The van der Waals surface area contributed by atoms with Gasteiger partial charge in [0.2, 0.25) is 11.8 Å². The molecule has 6 rings (SSSR count). The monoisotopic (exact) mass is 752 g/mol. The van der Waals surface area contributed by atoms with E-state index in [1.807, 2.05) is 56.9 Å². The quantitative estimate of drug-likeness (QED) is 0.159. The van der Waals surface area contributed by atoms with Crippen molar-refractivity contribution in [3.05, 3.63) is 60.7 Å². The highest BCUT2D eigenvalue weighted by molar-refractivity contribution is 5.97. The van der Waals surface area contributed by atoms with E-state index in [1.54, 1.807) is 29.7 Å². The van der Waals surface area contributed by atoms with Gasteiger partial charge < -0.3 is 34.6 Å². The fourth-order valence-corrected chi connectivity index (χ4v) is 7.13. The van der Waals surface area contributed by atoms with Gasteiger partial charge in [0, 0.05) is 42.8 Å². The average molecular weight is 753 g/mol. The van der Waals surface area contributed by atoms with Crippen LogP contribution in [0.2, 0.25) is 0 Å². The number of nitrogens with one attached hydrogen (secondary N) is 3. The van der Waals surface area contributed by atoms with Gasteiger partial charge in [0.25, 0.3) is 0 Å². The molecule has 1 aromatic carbocycles. The summed E-state index contributed by atoms with van der Waals surface area (Å²) in [4.78, 5) is 83.3. The van der Waals surface area contributed by atoms with E-state index < -0.39 is 24.1 Å². The number of methoxy groups -OCH3 is 2. The Kier molecular flexibility index (Phi) is 12.0. The highest BCUT2D eigenvalue weighted by Crippen LogP contribution is 2.35. The normalized spacial score (nSPS) is 18.3. The van der Waals surface area contributed by atoms with Crippen LogP contribution in [-0.2, 0) is 19.1 Å². The van der Waals surface area contributed by atoms with Crippen LogP contribution >= 0.6 is 0 Å². The van der Waals surface area contributed by atoms with Crippen LogP contribution in [0.15, 0.2) is 54.0 Å². The number of ether oxygens (including phenoxy) is 2. The van der Waals surface area contributed by atoms with Crippen LogP contribution in [0.4, 0.5) is 9.59 Å². The fourth-order valence-electron chi connectivity index (χ4n) is 7.13. The summed E-state index contributed by atoms with van der Waals surface area (Å²) in [5, 5.41) is 2.68. The number of rotatable bonds is 11. The van der Waals surface area contributed by atoms with Gasteiger partial charge in [-0.15, -0.1) is 0 Å². The lowest BCUT2D eigenvalue weighted by Gasteiger charge is -2.30. The summed E-state index contributed by atoms with van der Waals surface area (Å²) in [5.41, 5.74) is 4.06. The fraction of sp³-hybridized carbons (Fsp3) is 0.462. The zero-order valence-corrected chi connectivity index (χ0v) is 32.0. The number of hydrogen-bond acceptors (Lipinski definition) is 10. The van der Waals surface area contributed by atoms with Gasteiger partial charge in [-0.25, -0.2) is 29.5 Å². The molecule has 4 amide bonds. The molecular formula is C39H48N10O6. The van der Waals surface area contributed by atoms with Crippen LogP contribution < -0.4 is 5.32 Å². The van der Waals surface area contributed by atoms with E-state index in [0.717, 1.165) is 53.8 Å². The number of hydrogen-bond donors (Lipinski definition) is 3. The van der Waals surface area contributed by atoms with Crippen LogP contribution in [0, 0.1) is 17.8 Å². The molecule has 16 nitrogen and oxygen atoms in total. The molecule has 0 spiro atoms. The van der Waals surface area contributed by atoms with Crippen molar-refractivity contribution in [2.75, 3.05) is 27.3 Å².